The molecule has 90 valence electrons. The molecule has 1 aromatic carbocycles. The van der Waals surface area contributed by atoms with Crippen LogP contribution in [0.15, 0.2) is 12.1 Å². The van der Waals surface area contributed by atoms with Crippen LogP contribution in [0, 0.1) is 11.3 Å². The predicted molar refractivity (Wildman–Crippen MR) is 54.3 cm³/mol. The first kappa shape index (κ1) is 13.2. The van der Waals surface area contributed by atoms with Crippen LogP contribution < -0.4 is 4.74 Å². The lowest BCUT2D eigenvalue weighted by molar-refractivity contribution is -0.0501. The van der Waals surface area contributed by atoms with Crippen LogP contribution in [-0.2, 0) is 5.88 Å². The highest BCUT2D eigenvalue weighted by molar-refractivity contribution is 6.17. The van der Waals surface area contributed by atoms with Crippen LogP contribution >= 0.6 is 11.6 Å². The summed E-state index contributed by atoms with van der Waals surface area (Å²) in [5.41, 5.74) is -0.294. The molecule has 0 radical (unpaired) electrons. The highest BCUT2D eigenvalue weighted by Gasteiger charge is 2.17. The van der Waals surface area contributed by atoms with Gasteiger partial charge in [-0.05, 0) is 17.7 Å². The maximum Gasteiger partial charge on any atom is 0.387 e. The third kappa shape index (κ3) is 3.04. The van der Waals surface area contributed by atoms with Gasteiger partial charge in [-0.15, -0.1) is 11.6 Å². The molecule has 0 amide bonds. The van der Waals surface area contributed by atoms with Gasteiger partial charge in [0.2, 0.25) is 0 Å². The number of carboxylic acids is 1. The van der Waals surface area contributed by atoms with Crippen LogP contribution in [0.25, 0.3) is 0 Å². The molecule has 4 nitrogen and oxygen atoms in total. The monoisotopic (exact) mass is 261 g/mol. The summed E-state index contributed by atoms with van der Waals surface area (Å²) < 4.78 is 28.2. The minimum atomic E-state index is -3.13. The molecule has 0 heterocycles. The van der Waals surface area contributed by atoms with Crippen molar-refractivity contribution < 1.29 is 23.4 Å². The number of carboxylic acid groups (broad SMARTS) is 1. The maximum absolute atomic E-state index is 12.0. The van der Waals surface area contributed by atoms with Gasteiger partial charge >= 0.3 is 12.6 Å². The zero-order valence-electron chi connectivity index (χ0n) is 8.28. The molecule has 0 atom stereocenters. The molecule has 17 heavy (non-hydrogen) atoms. The fourth-order valence-corrected chi connectivity index (χ4v) is 1.44. The number of rotatable bonds is 4. The summed E-state index contributed by atoms with van der Waals surface area (Å²) in [5, 5.41) is 17.5. The fourth-order valence-electron chi connectivity index (χ4n) is 1.22. The lowest BCUT2D eigenvalue weighted by atomic mass is 10.0. The number of alkyl halides is 3. The maximum atomic E-state index is 12.0. The van der Waals surface area contributed by atoms with E-state index in [9.17, 15) is 13.6 Å². The third-order valence-corrected chi connectivity index (χ3v) is 2.20. The molecule has 0 aliphatic carbocycles. The molecule has 0 saturated carbocycles. The van der Waals surface area contributed by atoms with E-state index in [-0.39, 0.29) is 22.6 Å². The fraction of sp³-hybridized carbons (Fsp3) is 0.200. The smallest absolute Gasteiger partial charge is 0.387 e. The van der Waals surface area contributed by atoms with Gasteiger partial charge in [-0.3, -0.25) is 0 Å². The van der Waals surface area contributed by atoms with Crippen LogP contribution in [0.4, 0.5) is 8.78 Å². The molecule has 0 bridgehead atoms. The molecule has 0 fully saturated rings. The number of hydrogen-bond donors (Lipinski definition) is 1. The Morgan fingerprint density at radius 2 is 2.24 bits per heavy atom. The molecule has 0 spiro atoms. The average molecular weight is 262 g/mol. The van der Waals surface area contributed by atoms with E-state index in [4.69, 9.17) is 22.0 Å². The van der Waals surface area contributed by atoms with E-state index in [1.54, 1.807) is 6.07 Å². The number of nitriles is 1. The largest absolute Gasteiger partial charge is 0.478 e. The summed E-state index contributed by atoms with van der Waals surface area (Å²) in [7, 11) is 0. The van der Waals surface area contributed by atoms with Crippen molar-refractivity contribution in [1.29, 1.82) is 5.26 Å². The first-order valence-corrected chi connectivity index (χ1v) is 4.84. The third-order valence-electron chi connectivity index (χ3n) is 1.92. The van der Waals surface area contributed by atoms with Gasteiger partial charge < -0.3 is 9.84 Å². The van der Waals surface area contributed by atoms with Crippen molar-refractivity contribution in [3.63, 3.8) is 0 Å². The number of benzene rings is 1. The second-order valence-corrected chi connectivity index (χ2v) is 3.20. The van der Waals surface area contributed by atoms with E-state index >= 15 is 0 Å². The second kappa shape index (κ2) is 5.46. The van der Waals surface area contributed by atoms with Gasteiger partial charge in [0.15, 0.2) is 0 Å². The van der Waals surface area contributed by atoms with Crippen LogP contribution in [0.1, 0.15) is 21.5 Å². The molecular formula is C10H6ClF2NO3. The summed E-state index contributed by atoms with van der Waals surface area (Å²) in [5.74, 6) is -1.95. The van der Waals surface area contributed by atoms with E-state index in [2.05, 4.69) is 4.74 Å². The normalized spacial score (nSPS) is 10.1. The molecule has 0 aliphatic heterocycles. The van der Waals surface area contributed by atoms with Crippen molar-refractivity contribution in [2.45, 2.75) is 12.5 Å². The van der Waals surface area contributed by atoms with E-state index in [1.807, 2.05) is 0 Å². The van der Waals surface area contributed by atoms with E-state index in [0.29, 0.717) is 0 Å². The SMILES string of the molecule is N#Cc1cc(CCl)c(C(=O)O)cc1OC(F)F. The first-order chi connectivity index (χ1) is 7.99. The minimum absolute atomic E-state index is 0.148. The number of hydrogen-bond acceptors (Lipinski definition) is 3. The molecule has 0 unspecified atom stereocenters. The Labute approximate surface area is 100.0 Å². The topological polar surface area (TPSA) is 70.3 Å². The Balaban J connectivity index is 3.35. The lowest BCUT2D eigenvalue weighted by Gasteiger charge is -2.10. The second-order valence-electron chi connectivity index (χ2n) is 2.93. The van der Waals surface area contributed by atoms with Crippen molar-refractivity contribution in [2.75, 3.05) is 0 Å². The summed E-state index contributed by atoms with van der Waals surface area (Å²) in [6, 6.07) is 3.62. The highest BCUT2D eigenvalue weighted by Crippen LogP contribution is 2.26. The van der Waals surface area contributed by atoms with Gasteiger partial charge in [0.1, 0.15) is 11.8 Å². The van der Waals surface area contributed by atoms with Crippen LogP contribution in [0.2, 0.25) is 0 Å². The summed E-state index contributed by atoms with van der Waals surface area (Å²) in [6.07, 6.45) is 0. The molecule has 1 aromatic rings. The number of carbonyl (C=O) groups is 1. The minimum Gasteiger partial charge on any atom is -0.478 e. The highest BCUT2D eigenvalue weighted by atomic mass is 35.5. The zero-order chi connectivity index (χ0) is 13.0. The van der Waals surface area contributed by atoms with Gasteiger partial charge in [-0.1, -0.05) is 0 Å². The van der Waals surface area contributed by atoms with Crippen LogP contribution in [0.5, 0.6) is 5.75 Å². The standard InChI is InChI=1S/C10H6ClF2NO3/c11-3-5-1-6(4-14)8(17-10(12)13)2-7(5)9(15)16/h1-2,10H,3H2,(H,15,16). The number of aromatic carboxylic acids is 1. The number of nitrogens with zero attached hydrogens (tertiary/aromatic N) is 1. The molecular weight excluding hydrogens is 256 g/mol. The number of halogens is 3. The molecule has 1 N–H and O–H groups in total. The Morgan fingerprint density at radius 1 is 1.59 bits per heavy atom. The van der Waals surface area contributed by atoms with Gasteiger partial charge in [-0.2, -0.15) is 14.0 Å². The van der Waals surface area contributed by atoms with Crippen LogP contribution in [-0.4, -0.2) is 17.7 Å². The van der Waals surface area contributed by atoms with E-state index < -0.39 is 18.3 Å². The van der Waals surface area contributed by atoms with Gasteiger partial charge in [0.25, 0.3) is 0 Å². The Hall–Kier alpha value is -1.87. The van der Waals surface area contributed by atoms with Crippen molar-refractivity contribution in [3.8, 4) is 11.8 Å². The molecule has 0 saturated heterocycles. The average Bonchev–Trinajstić information content (AvgIpc) is 2.27. The van der Waals surface area contributed by atoms with Crippen LogP contribution in [0.3, 0.4) is 0 Å². The molecule has 0 aromatic heterocycles. The molecule has 1 rings (SSSR count). The Bertz CT molecular complexity index is 485. The van der Waals surface area contributed by atoms with Gasteiger partial charge in [0, 0.05) is 5.88 Å². The van der Waals surface area contributed by atoms with Crippen molar-refractivity contribution >= 4 is 17.6 Å². The van der Waals surface area contributed by atoms with Crippen molar-refractivity contribution in [2.24, 2.45) is 0 Å². The summed E-state index contributed by atoms with van der Waals surface area (Å²) in [4.78, 5) is 10.8. The zero-order valence-corrected chi connectivity index (χ0v) is 9.04. The van der Waals surface area contributed by atoms with E-state index in [1.165, 1.54) is 0 Å². The Kier molecular flexibility index (Phi) is 4.24. The quantitative estimate of drug-likeness (QED) is 0.846. The van der Waals surface area contributed by atoms with E-state index in [0.717, 1.165) is 12.1 Å². The number of ether oxygens (including phenoxy) is 1. The predicted octanol–water partition coefficient (Wildman–Crippen LogP) is 2.60. The molecule has 0 aliphatic rings. The lowest BCUT2D eigenvalue weighted by Crippen LogP contribution is -2.08. The first-order valence-electron chi connectivity index (χ1n) is 4.30. The molecule has 7 heteroatoms. The van der Waals surface area contributed by atoms with Gasteiger partial charge in [0.05, 0.1) is 11.1 Å². The summed E-state index contributed by atoms with van der Waals surface area (Å²) in [6.45, 7) is -3.13. The Morgan fingerprint density at radius 3 is 2.65 bits per heavy atom. The summed E-state index contributed by atoms with van der Waals surface area (Å²) >= 11 is 5.50. The van der Waals surface area contributed by atoms with Crippen molar-refractivity contribution in [1.82, 2.24) is 0 Å². The van der Waals surface area contributed by atoms with Crippen molar-refractivity contribution in [3.05, 3.63) is 28.8 Å². The van der Waals surface area contributed by atoms with Gasteiger partial charge in [-0.25, -0.2) is 4.79 Å².